The van der Waals surface area contributed by atoms with Crippen LogP contribution < -0.4 is 10.6 Å². The fourth-order valence-corrected chi connectivity index (χ4v) is 5.50. The number of nitrogens with zero attached hydrogens (tertiary/aromatic N) is 4. The Balaban J connectivity index is 1.63. The Morgan fingerprint density at radius 3 is 2.15 bits per heavy atom. The molecule has 1 saturated heterocycles. The second-order valence-electron chi connectivity index (χ2n) is 10.7. The van der Waals surface area contributed by atoms with Crippen molar-refractivity contribution in [3.63, 3.8) is 0 Å². The van der Waals surface area contributed by atoms with Gasteiger partial charge in [-0.3, -0.25) is 19.5 Å². The number of rotatable bonds is 9. The molecule has 8 heteroatoms. The number of likely N-dealkylation sites (tertiary alicyclic amines) is 1. The van der Waals surface area contributed by atoms with Crippen molar-refractivity contribution in [3.8, 4) is 0 Å². The van der Waals surface area contributed by atoms with Gasteiger partial charge in [-0.2, -0.15) is 0 Å². The first-order valence-corrected chi connectivity index (χ1v) is 13.6. The molecule has 0 unspecified atom stereocenters. The van der Waals surface area contributed by atoms with Gasteiger partial charge in [0.25, 0.3) is 11.8 Å². The summed E-state index contributed by atoms with van der Waals surface area (Å²) in [7, 11) is 0. The van der Waals surface area contributed by atoms with Crippen molar-refractivity contribution in [2.45, 2.75) is 65.2 Å². The molecule has 206 valence electrons. The largest absolute Gasteiger partial charge is 0.366 e. The first-order chi connectivity index (χ1) is 18.7. The highest BCUT2D eigenvalue weighted by molar-refractivity contribution is 5.96. The summed E-state index contributed by atoms with van der Waals surface area (Å²) in [5, 5.41) is 0. The number of anilines is 2. The van der Waals surface area contributed by atoms with E-state index in [2.05, 4.69) is 9.88 Å². The lowest BCUT2D eigenvalue weighted by Crippen LogP contribution is -2.43. The Kier molecular flexibility index (Phi) is 8.97. The van der Waals surface area contributed by atoms with Crippen molar-refractivity contribution in [3.05, 3.63) is 89.5 Å². The lowest BCUT2D eigenvalue weighted by Gasteiger charge is -2.40. The van der Waals surface area contributed by atoms with E-state index in [9.17, 15) is 9.59 Å². The molecule has 0 aliphatic carbocycles. The first kappa shape index (κ1) is 28.2. The predicted octanol–water partition coefficient (Wildman–Crippen LogP) is 5.38. The Morgan fingerprint density at radius 1 is 0.974 bits per heavy atom. The van der Waals surface area contributed by atoms with Crippen molar-refractivity contribution in [2.75, 3.05) is 18.0 Å². The Hall–Kier alpha value is -3.78. The second kappa shape index (κ2) is 12.4. The Morgan fingerprint density at radius 2 is 1.59 bits per heavy atom. The van der Waals surface area contributed by atoms with E-state index in [1.807, 2.05) is 61.8 Å². The number of hydrogen-bond donors (Lipinski definition) is 1. The summed E-state index contributed by atoms with van der Waals surface area (Å²) in [5.74, 6) is -1.47. The summed E-state index contributed by atoms with van der Waals surface area (Å²) in [6, 6.07) is 16.3. The first-order valence-electron chi connectivity index (χ1n) is 13.6. The minimum Gasteiger partial charge on any atom is -0.366 e. The van der Waals surface area contributed by atoms with E-state index in [0.717, 1.165) is 38.2 Å². The molecule has 39 heavy (non-hydrogen) atoms. The molecule has 0 saturated carbocycles. The maximum atomic E-state index is 15.6. The molecule has 2 heterocycles. The molecule has 2 N–H and O–H groups in total. The van der Waals surface area contributed by atoms with Crippen LogP contribution in [0.3, 0.4) is 0 Å². The standard InChI is InChI=1S/C31H38FN5O2/c1-21(2)36(22(3)4)31(39)24-8-10-25(11-9-24)37(28-7-5-6-27(29(28)32)30(33)38)26-14-18-35(19-15-26)20-23-12-16-34-17-13-23/h5-13,16-17,21-22,26H,14-15,18-20H2,1-4H3,(H2,33,38). The van der Waals surface area contributed by atoms with Crippen LogP contribution in [0.5, 0.6) is 0 Å². The van der Waals surface area contributed by atoms with Gasteiger partial charge in [-0.15, -0.1) is 0 Å². The number of primary amides is 1. The molecule has 1 aliphatic rings. The molecule has 1 aliphatic heterocycles. The van der Waals surface area contributed by atoms with Gasteiger partial charge in [-0.1, -0.05) is 6.07 Å². The minimum absolute atomic E-state index is 0.000643. The molecule has 0 spiro atoms. The SMILES string of the molecule is CC(C)N(C(=O)c1ccc(N(c2cccc(C(N)=O)c2F)C2CCN(Cc3ccncc3)CC2)cc1)C(C)C. The third-order valence-corrected chi connectivity index (χ3v) is 7.32. The van der Waals surface area contributed by atoms with E-state index in [4.69, 9.17) is 5.73 Å². The van der Waals surface area contributed by atoms with Crippen LogP contribution in [0.15, 0.2) is 67.0 Å². The Labute approximate surface area is 230 Å². The van der Waals surface area contributed by atoms with E-state index in [0.29, 0.717) is 11.3 Å². The number of benzene rings is 2. The monoisotopic (exact) mass is 531 g/mol. The summed E-state index contributed by atoms with van der Waals surface area (Å²) in [6.45, 7) is 10.5. The fourth-order valence-electron chi connectivity index (χ4n) is 5.50. The molecule has 0 bridgehead atoms. The van der Waals surface area contributed by atoms with E-state index in [1.54, 1.807) is 36.7 Å². The summed E-state index contributed by atoms with van der Waals surface area (Å²) in [4.78, 5) is 35.4. The molecular formula is C31H38FN5O2. The van der Waals surface area contributed by atoms with Crippen molar-refractivity contribution in [2.24, 2.45) is 5.73 Å². The van der Waals surface area contributed by atoms with Crippen LogP contribution in [0.25, 0.3) is 0 Å². The van der Waals surface area contributed by atoms with Crippen LogP contribution in [0.2, 0.25) is 0 Å². The third-order valence-electron chi connectivity index (χ3n) is 7.32. The highest BCUT2D eigenvalue weighted by atomic mass is 19.1. The quantitative estimate of drug-likeness (QED) is 0.401. The van der Waals surface area contributed by atoms with Gasteiger partial charge in [-0.25, -0.2) is 4.39 Å². The van der Waals surface area contributed by atoms with Crippen molar-refractivity contribution < 1.29 is 14.0 Å². The molecule has 7 nitrogen and oxygen atoms in total. The number of aromatic nitrogens is 1. The maximum Gasteiger partial charge on any atom is 0.254 e. The number of amides is 2. The van der Waals surface area contributed by atoms with Crippen LogP contribution >= 0.6 is 0 Å². The van der Waals surface area contributed by atoms with Crippen LogP contribution in [0, 0.1) is 5.82 Å². The van der Waals surface area contributed by atoms with Crippen LogP contribution in [0.4, 0.5) is 15.8 Å². The normalized spacial score (nSPS) is 14.5. The maximum absolute atomic E-state index is 15.6. The van der Waals surface area contributed by atoms with E-state index in [1.165, 1.54) is 11.6 Å². The van der Waals surface area contributed by atoms with Gasteiger partial charge in [-0.05, 0) is 94.6 Å². The van der Waals surface area contributed by atoms with Crippen molar-refractivity contribution >= 4 is 23.2 Å². The van der Waals surface area contributed by atoms with Gasteiger partial charge in [0.15, 0.2) is 5.82 Å². The summed E-state index contributed by atoms with van der Waals surface area (Å²) >= 11 is 0. The number of halogens is 1. The average molecular weight is 532 g/mol. The number of piperidine rings is 1. The lowest BCUT2D eigenvalue weighted by molar-refractivity contribution is 0.0643. The number of carbonyl (C=O) groups excluding carboxylic acids is 2. The average Bonchev–Trinajstić information content (AvgIpc) is 2.91. The number of carbonyl (C=O) groups is 2. The van der Waals surface area contributed by atoms with Gasteiger partial charge in [0, 0.05) is 61.4 Å². The molecule has 0 atom stereocenters. The van der Waals surface area contributed by atoms with Crippen molar-refractivity contribution in [1.29, 1.82) is 0 Å². The highest BCUT2D eigenvalue weighted by Crippen LogP contribution is 2.35. The number of nitrogens with two attached hydrogens (primary N) is 1. The molecule has 2 aromatic carbocycles. The van der Waals surface area contributed by atoms with Gasteiger partial charge < -0.3 is 15.5 Å². The van der Waals surface area contributed by atoms with Crippen LogP contribution in [-0.4, -0.2) is 57.8 Å². The van der Waals surface area contributed by atoms with Gasteiger partial charge in [0.05, 0.1) is 11.3 Å². The summed E-state index contributed by atoms with van der Waals surface area (Å²) < 4.78 is 15.6. The zero-order valence-electron chi connectivity index (χ0n) is 23.2. The molecule has 3 aromatic rings. The Bertz CT molecular complexity index is 1260. The van der Waals surface area contributed by atoms with Gasteiger partial charge >= 0.3 is 0 Å². The zero-order chi connectivity index (χ0) is 28.1. The van der Waals surface area contributed by atoms with Crippen LogP contribution in [-0.2, 0) is 6.54 Å². The third kappa shape index (κ3) is 6.45. The van der Waals surface area contributed by atoms with E-state index >= 15 is 4.39 Å². The van der Waals surface area contributed by atoms with Crippen LogP contribution in [0.1, 0.15) is 66.8 Å². The topological polar surface area (TPSA) is 82.8 Å². The molecule has 4 rings (SSSR count). The van der Waals surface area contributed by atoms with Gasteiger partial charge in [0.2, 0.25) is 0 Å². The molecule has 1 aromatic heterocycles. The molecule has 1 fully saturated rings. The zero-order valence-corrected chi connectivity index (χ0v) is 23.2. The van der Waals surface area contributed by atoms with Gasteiger partial charge in [0.1, 0.15) is 0 Å². The molecular weight excluding hydrogens is 493 g/mol. The summed E-state index contributed by atoms with van der Waals surface area (Å²) in [5.41, 5.74) is 8.20. The number of hydrogen-bond acceptors (Lipinski definition) is 5. The van der Waals surface area contributed by atoms with E-state index in [-0.39, 0.29) is 29.6 Å². The minimum atomic E-state index is -0.801. The molecule has 0 radical (unpaired) electrons. The smallest absolute Gasteiger partial charge is 0.254 e. The highest BCUT2D eigenvalue weighted by Gasteiger charge is 2.29. The summed E-state index contributed by atoms with van der Waals surface area (Å²) in [6.07, 6.45) is 5.21. The molecule has 2 amide bonds. The lowest BCUT2D eigenvalue weighted by atomic mass is 9.99. The second-order valence-corrected chi connectivity index (χ2v) is 10.7. The number of pyridine rings is 1. The predicted molar refractivity (Wildman–Crippen MR) is 152 cm³/mol. The fraction of sp³-hybridized carbons (Fsp3) is 0.387. The van der Waals surface area contributed by atoms with Crippen molar-refractivity contribution in [1.82, 2.24) is 14.8 Å². The van der Waals surface area contributed by atoms with E-state index < -0.39 is 11.7 Å².